The number of halogens is 1. The third-order valence-electron chi connectivity index (χ3n) is 4.74. The van der Waals surface area contributed by atoms with Crippen LogP contribution in [0.15, 0.2) is 71.6 Å². The molecule has 3 rings (SSSR count). The van der Waals surface area contributed by atoms with Gasteiger partial charge in [-0.25, -0.2) is 8.42 Å². The topological polar surface area (TPSA) is 102 Å². The second kappa shape index (κ2) is 10.5. The first-order chi connectivity index (χ1) is 15.7. The number of carbonyl (C=O) groups is 2. The molecule has 0 aliphatic carbocycles. The smallest absolute Gasteiger partial charge is 0.262 e. The third-order valence-corrected chi connectivity index (χ3v) is 6.16. The highest BCUT2D eigenvalue weighted by atomic mass is 35.5. The molecule has 7 nitrogen and oxygen atoms in total. The van der Waals surface area contributed by atoms with Crippen LogP contribution in [0.25, 0.3) is 0 Å². The number of anilines is 2. The number of hydrogen-bond donors (Lipinski definition) is 2. The van der Waals surface area contributed by atoms with Crippen molar-refractivity contribution in [2.75, 3.05) is 23.5 Å². The maximum atomic E-state index is 12.5. The molecule has 0 atom stereocenters. The summed E-state index contributed by atoms with van der Waals surface area (Å²) in [6.45, 7) is 1.84. The van der Waals surface area contributed by atoms with E-state index >= 15 is 0 Å². The molecule has 172 valence electrons. The average Bonchev–Trinajstić information content (AvgIpc) is 2.79. The number of ether oxygens (including phenoxy) is 1. The highest BCUT2D eigenvalue weighted by molar-refractivity contribution is 7.90. The van der Waals surface area contributed by atoms with Crippen LogP contribution >= 0.6 is 11.6 Å². The van der Waals surface area contributed by atoms with Gasteiger partial charge < -0.3 is 15.4 Å². The molecule has 0 spiro atoms. The molecule has 0 unspecified atom stereocenters. The van der Waals surface area contributed by atoms with E-state index in [2.05, 4.69) is 10.6 Å². The molecule has 0 bridgehead atoms. The van der Waals surface area contributed by atoms with Crippen LogP contribution in [0.5, 0.6) is 5.75 Å². The zero-order chi connectivity index (χ0) is 24.0. The van der Waals surface area contributed by atoms with Crippen molar-refractivity contribution in [1.82, 2.24) is 0 Å². The van der Waals surface area contributed by atoms with Crippen molar-refractivity contribution in [3.8, 4) is 5.75 Å². The molecular weight excluding hydrogens is 464 g/mol. The van der Waals surface area contributed by atoms with Crippen molar-refractivity contribution in [2.24, 2.45) is 0 Å². The molecule has 0 heterocycles. The van der Waals surface area contributed by atoms with E-state index in [1.807, 2.05) is 31.2 Å². The molecule has 0 radical (unpaired) electrons. The SMILES string of the molecule is CCc1ccccc1OCC(=O)Nc1ccc(NC(=O)c2cccc(S(C)(=O)=O)c2)c(Cl)c1. The molecule has 3 aromatic rings. The minimum absolute atomic E-state index is 0.0445. The van der Waals surface area contributed by atoms with Crippen LogP contribution in [0.3, 0.4) is 0 Å². The molecule has 33 heavy (non-hydrogen) atoms. The van der Waals surface area contributed by atoms with E-state index in [1.54, 1.807) is 12.1 Å². The lowest BCUT2D eigenvalue weighted by molar-refractivity contribution is -0.118. The maximum absolute atomic E-state index is 12.5. The summed E-state index contributed by atoms with van der Waals surface area (Å²) in [4.78, 5) is 24.8. The predicted molar refractivity (Wildman–Crippen MR) is 129 cm³/mol. The molecule has 0 fully saturated rings. The highest BCUT2D eigenvalue weighted by Crippen LogP contribution is 2.26. The Bertz CT molecular complexity index is 1290. The Balaban J connectivity index is 1.63. The van der Waals surface area contributed by atoms with Gasteiger partial charge in [0.05, 0.1) is 15.6 Å². The number of nitrogens with one attached hydrogen (secondary N) is 2. The van der Waals surface area contributed by atoms with Gasteiger partial charge >= 0.3 is 0 Å². The second-order valence-electron chi connectivity index (χ2n) is 7.25. The normalized spacial score (nSPS) is 11.0. The summed E-state index contributed by atoms with van der Waals surface area (Å²) in [7, 11) is -3.44. The maximum Gasteiger partial charge on any atom is 0.262 e. The summed E-state index contributed by atoms with van der Waals surface area (Å²) in [6, 6.07) is 17.9. The molecule has 9 heteroatoms. The van der Waals surface area contributed by atoms with Crippen LogP contribution in [0.4, 0.5) is 11.4 Å². The summed E-state index contributed by atoms with van der Waals surface area (Å²) < 4.78 is 29.0. The fraction of sp³-hybridized carbons (Fsp3) is 0.167. The minimum atomic E-state index is -3.44. The Hall–Kier alpha value is -3.36. The molecule has 0 saturated heterocycles. The van der Waals surface area contributed by atoms with Crippen LogP contribution in [-0.4, -0.2) is 33.1 Å². The summed E-state index contributed by atoms with van der Waals surface area (Å²) in [6.07, 6.45) is 1.86. The molecule has 3 aromatic carbocycles. The highest BCUT2D eigenvalue weighted by Gasteiger charge is 2.14. The van der Waals surface area contributed by atoms with E-state index in [4.69, 9.17) is 16.3 Å². The van der Waals surface area contributed by atoms with E-state index < -0.39 is 15.7 Å². The van der Waals surface area contributed by atoms with E-state index in [-0.39, 0.29) is 28.0 Å². The van der Waals surface area contributed by atoms with Crippen LogP contribution in [0, 0.1) is 0 Å². The van der Waals surface area contributed by atoms with Crippen molar-refractivity contribution in [3.63, 3.8) is 0 Å². The predicted octanol–water partition coefficient (Wildman–Crippen LogP) is 4.58. The van der Waals surface area contributed by atoms with Crippen LogP contribution in [0.2, 0.25) is 5.02 Å². The number of para-hydroxylation sites is 1. The zero-order valence-electron chi connectivity index (χ0n) is 18.1. The van der Waals surface area contributed by atoms with Crippen molar-refractivity contribution < 1.29 is 22.7 Å². The van der Waals surface area contributed by atoms with Gasteiger partial charge in [-0.3, -0.25) is 9.59 Å². The molecule has 2 amide bonds. The Kier molecular flexibility index (Phi) is 7.73. The first-order valence-corrected chi connectivity index (χ1v) is 12.4. The number of amides is 2. The molecule has 0 aromatic heterocycles. The van der Waals surface area contributed by atoms with Crippen molar-refractivity contribution in [2.45, 2.75) is 18.2 Å². The average molecular weight is 487 g/mol. The molecular formula is C24H23ClN2O5S. The number of sulfone groups is 1. The Labute approximate surface area is 197 Å². The van der Waals surface area contributed by atoms with E-state index in [0.29, 0.717) is 17.1 Å². The van der Waals surface area contributed by atoms with Crippen LogP contribution in [0.1, 0.15) is 22.8 Å². The first kappa shape index (κ1) is 24.3. The van der Waals surface area contributed by atoms with Crippen LogP contribution < -0.4 is 15.4 Å². The number of benzene rings is 3. The van der Waals surface area contributed by atoms with Crippen LogP contribution in [-0.2, 0) is 21.1 Å². The minimum Gasteiger partial charge on any atom is -0.483 e. The lowest BCUT2D eigenvalue weighted by Gasteiger charge is -2.12. The molecule has 2 N–H and O–H groups in total. The van der Waals surface area contributed by atoms with Crippen molar-refractivity contribution >= 4 is 44.6 Å². The summed E-state index contributed by atoms with van der Waals surface area (Å²) in [5.74, 6) is -0.209. The monoisotopic (exact) mass is 486 g/mol. The summed E-state index contributed by atoms with van der Waals surface area (Å²) in [5.41, 5.74) is 1.94. The van der Waals surface area contributed by atoms with E-state index in [1.165, 1.54) is 30.3 Å². The van der Waals surface area contributed by atoms with Gasteiger partial charge in [-0.05, 0) is 54.4 Å². The number of carbonyl (C=O) groups excluding carboxylic acids is 2. The quantitative estimate of drug-likeness (QED) is 0.485. The van der Waals surface area contributed by atoms with Gasteiger partial charge in [0.15, 0.2) is 16.4 Å². The van der Waals surface area contributed by atoms with Gasteiger partial charge in [-0.15, -0.1) is 0 Å². The van der Waals surface area contributed by atoms with E-state index in [9.17, 15) is 18.0 Å². The van der Waals surface area contributed by atoms with Gasteiger partial charge in [-0.1, -0.05) is 42.8 Å². The fourth-order valence-electron chi connectivity index (χ4n) is 3.03. The van der Waals surface area contributed by atoms with Gasteiger partial charge in [0.1, 0.15) is 5.75 Å². The van der Waals surface area contributed by atoms with Gasteiger partial charge in [-0.2, -0.15) is 0 Å². The summed E-state index contributed by atoms with van der Waals surface area (Å²) in [5, 5.41) is 5.55. The number of aryl methyl sites for hydroxylation is 1. The van der Waals surface area contributed by atoms with Gasteiger partial charge in [0.25, 0.3) is 11.8 Å². The number of hydrogen-bond acceptors (Lipinski definition) is 5. The Morgan fingerprint density at radius 1 is 0.970 bits per heavy atom. The Morgan fingerprint density at radius 3 is 2.42 bits per heavy atom. The van der Waals surface area contributed by atoms with E-state index in [0.717, 1.165) is 18.2 Å². The molecule has 0 aliphatic heterocycles. The lowest BCUT2D eigenvalue weighted by atomic mass is 10.1. The standard InChI is InChI=1S/C24H23ClN2O5S/c1-3-16-7-4-5-10-22(16)32-15-23(28)26-18-11-12-21(20(25)14-18)27-24(29)17-8-6-9-19(13-17)33(2,30)31/h4-14H,3,15H2,1-2H3,(H,26,28)(H,27,29). The zero-order valence-corrected chi connectivity index (χ0v) is 19.7. The Morgan fingerprint density at radius 2 is 1.73 bits per heavy atom. The van der Waals surface area contributed by atoms with Crippen molar-refractivity contribution in [1.29, 1.82) is 0 Å². The lowest BCUT2D eigenvalue weighted by Crippen LogP contribution is -2.20. The third kappa shape index (κ3) is 6.57. The summed E-state index contributed by atoms with van der Waals surface area (Å²) >= 11 is 6.27. The fourth-order valence-corrected chi connectivity index (χ4v) is 3.93. The number of rotatable bonds is 8. The van der Waals surface area contributed by atoms with Crippen molar-refractivity contribution in [3.05, 3.63) is 82.9 Å². The first-order valence-electron chi connectivity index (χ1n) is 10.1. The van der Waals surface area contributed by atoms with Gasteiger partial charge in [0, 0.05) is 17.5 Å². The second-order valence-corrected chi connectivity index (χ2v) is 9.67. The largest absolute Gasteiger partial charge is 0.483 e. The molecule has 0 aliphatic rings. The van der Waals surface area contributed by atoms with Gasteiger partial charge in [0.2, 0.25) is 0 Å². The molecule has 0 saturated carbocycles.